The fraction of sp³-hybridized carbons (Fsp3) is 0.333. The van der Waals surface area contributed by atoms with Crippen LogP contribution in [0.25, 0.3) is 17.2 Å². The predicted octanol–water partition coefficient (Wildman–Crippen LogP) is 1.24. The van der Waals surface area contributed by atoms with Crippen LogP contribution < -0.4 is 14.2 Å². The molecule has 0 atom stereocenters. The Kier molecular flexibility index (Phi) is 4.59. The van der Waals surface area contributed by atoms with Gasteiger partial charge >= 0.3 is 0 Å². The molecule has 0 radical (unpaired) electrons. The largest absolute Gasteiger partial charge is 0.491 e. The molecule has 154 valence electrons. The van der Waals surface area contributed by atoms with E-state index in [4.69, 9.17) is 23.5 Å². The molecular formula is C18H17N7O5. The van der Waals surface area contributed by atoms with Gasteiger partial charge in [-0.05, 0) is 6.92 Å². The minimum atomic E-state index is 0.0353. The molecule has 12 nitrogen and oxygen atoms in total. The molecule has 0 N–H and O–H groups in total. The van der Waals surface area contributed by atoms with E-state index in [1.165, 1.54) is 11.6 Å². The second kappa shape index (κ2) is 7.55. The van der Waals surface area contributed by atoms with Crippen molar-refractivity contribution in [1.82, 2.24) is 34.9 Å². The van der Waals surface area contributed by atoms with Gasteiger partial charge in [-0.2, -0.15) is 4.52 Å². The number of hydrogen-bond donors (Lipinski definition) is 0. The third-order valence-electron chi connectivity index (χ3n) is 4.34. The van der Waals surface area contributed by atoms with Crippen LogP contribution in [-0.2, 0) is 11.3 Å². The topological polar surface area (TPSA) is 132 Å². The van der Waals surface area contributed by atoms with Crippen molar-refractivity contribution >= 4 is 5.65 Å². The lowest BCUT2D eigenvalue weighted by Crippen LogP contribution is -2.38. The number of aromatic nitrogens is 7. The normalized spacial score (nSPS) is 13.9. The Morgan fingerprint density at radius 2 is 2.07 bits per heavy atom. The highest BCUT2D eigenvalue weighted by Crippen LogP contribution is 2.28. The Bertz CT molecular complexity index is 1170. The standard InChI is InChI=1S/C18H17N7O5/c1-10-3-13(24-30-10)17-22-21-15-4-14(26-2)18(23-25(15)17)28-7-11-5-20-16(6-19-11)29-12-8-27-9-12/h3-6,12H,7-9H2,1-2H3. The molecule has 0 saturated carbocycles. The quantitative estimate of drug-likeness (QED) is 0.435. The molecule has 0 spiro atoms. The van der Waals surface area contributed by atoms with Gasteiger partial charge in [0.05, 0.1) is 38.4 Å². The van der Waals surface area contributed by atoms with Crippen LogP contribution in [0.4, 0.5) is 0 Å². The Balaban J connectivity index is 1.36. The van der Waals surface area contributed by atoms with Crippen LogP contribution in [0, 0.1) is 6.92 Å². The summed E-state index contributed by atoms with van der Waals surface area (Å²) in [5.41, 5.74) is 1.60. The zero-order valence-corrected chi connectivity index (χ0v) is 16.2. The predicted molar refractivity (Wildman–Crippen MR) is 99.2 cm³/mol. The van der Waals surface area contributed by atoms with Crippen molar-refractivity contribution in [1.29, 1.82) is 0 Å². The Morgan fingerprint density at radius 3 is 2.73 bits per heavy atom. The molecule has 0 aromatic carbocycles. The molecule has 12 heteroatoms. The van der Waals surface area contributed by atoms with Crippen molar-refractivity contribution in [2.24, 2.45) is 0 Å². The van der Waals surface area contributed by atoms with E-state index < -0.39 is 0 Å². The fourth-order valence-corrected chi connectivity index (χ4v) is 2.75. The second-order valence-electron chi connectivity index (χ2n) is 6.55. The van der Waals surface area contributed by atoms with Gasteiger partial charge in [0, 0.05) is 12.1 Å². The van der Waals surface area contributed by atoms with E-state index in [-0.39, 0.29) is 18.6 Å². The third-order valence-corrected chi connectivity index (χ3v) is 4.34. The summed E-state index contributed by atoms with van der Waals surface area (Å²) < 4.78 is 28.5. The molecule has 5 rings (SSSR count). The highest BCUT2D eigenvalue weighted by molar-refractivity contribution is 5.56. The first-order valence-corrected chi connectivity index (χ1v) is 9.12. The third kappa shape index (κ3) is 3.48. The van der Waals surface area contributed by atoms with Crippen molar-refractivity contribution in [3.63, 3.8) is 0 Å². The maximum atomic E-state index is 5.82. The minimum Gasteiger partial charge on any atom is -0.491 e. The maximum absolute atomic E-state index is 5.82. The van der Waals surface area contributed by atoms with Crippen molar-refractivity contribution in [3.05, 3.63) is 36.0 Å². The Morgan fingerprint density at radius 1 is 1.17 bits per heavy atom. The fourth-order valence-electron chi connectivity index (χ4n) is 2.75. The number of ether oxygens (including phenoxy) is 4. The number of nitrogens with zero attached hydrogens (tertiary/aromatic N) is 7. The van der Waals surface area contributed by atoms with Gasteiger partial charge in [-0.25, -0.2) is 4.98 Å². The zero-order chi connectivity index (χ0) is 20.5. The molecule has 4 aromatic heterocycles. The number of methoxy groups -OCH3 is 1. The number of hydrogen-bond acceptors (Lipinski definition) is 11. The Hall–Kier alpha value is -3.80. The lowest BCUT2D eigenvalue weighted by Gasteiger charge is -2.25. The molecular weight excluding hydrogens is 394 g/mol. The van der Waals surface area contributed by atoms with Crippen LogP contribution in [-0.4, -0.2) is 61.4 Å². The summed E-state index contributed by atoms with van der Waals surface area (Å²) in [5, 5.41) is 16.7. The molecule has 1 fully saturated rings. The summed E-state index contributed by atoms with van der Waals surface area (Å²) in [6.45, 7) is 3.07. The summed E-state index contributed by atoms with van der Waals surface area (Å²) in [7, 11) is 1.52. The SMILES string of the molecule is COc1cc2nnc(-c3cc(C)on3)n2nc1OCc1cnc(OC2COC2)cn1. The lowest BCUT2D eigenvalue weighted by molar-refractivity contribution is -0.0814. The maximum Gasteiger partial charge on any atom is 0.275 e. The van der Waals surface area contributed by atoms with Crippen LogP contribution in [0.3, 0.4) is 0 Å². The molecule has 4 aromatic rings. The van der Waals surface area contributed by atoms with Gasteiger partial charge in [-0.15, -0.1) is 15.3 Å². The summed E-state index contributed by atoms with van der Waals surface area (Å²) in [4.78, 5) is 8.54. The van der Waals surface area contributed by atoms with Crippen LogP contribution >= 0.6 is 0 Å². The van der Waals surface area contributed by atoms with Crippen LogP contribution in [0.15, 0.2) is 29.0 Å². The molecule has 1 aliphatic rings. The van der Waals surface area contributed by atoms with E-state index in [9.17, 15) is 0 Å². The summed E-state index contributed by atoms with van der Waals surface area (Å²) >= 11 is 0. The second-order valence-corrected chi connectivity index (χ2v) is 6.55. The van der Waals surface area contributed by atoms with E-state index >= 15 is 0 Å². The first-order chi connectivity index (χ1) is 14.7. The molecule has 5 heterocycles. The average molecular weight is 411 g/mol. The van der Waals surface area contributed by atoms with Crippen LogP contribution in [0.2, 0.25) is 0 Å². The first kappa shape index (κ1) is 18.2. The first-order valence-electron chi connectivity index (χ1n) is 9.12. The molecule has 1 saturated heterocycles. The van der Waals surface area contributed by atoms with Crippen molar-refractivity contribution in [2.45, 2.75) is 19.6 Å². The minimum absolute atomic E-state index is 0.0353. The number of rotatable bonds is 7. The van der Waals surface area contributed by atoms with Gasteiger partial charge in [0.15, 0.2) is 17.1 Å². The molecule has 30 heavy (non-hydrogen) atoms. The molecule has 0 amide bonds. The molecule has 0 bridgehead atoms. The van der Waals surface area contributed by atoms with Gasteiger partial charge in [0.25, 0.3) is 5.88 Å². The van der Waals surface area contributed by atoms with Gasteiger partial charge in [0.2, 0.25) is 11.7 Å². The Labute approximate surface area is 169 Å². The molecule has 0 aliphatic carbocycles. The smallest absolute Gasteiger partial charge is 0.275 e. The van der Waals surface area contributed by atoms with Crippen LogP contribution in [0.5, 0.6) is 17.5 Å². The van der Waals surface area contributed by atoms with E-state index in [2.05, 4.69) is 30.4 Å². The molecule has 1 aliphatic heterocycles. The van der Waals surface area contributed by atoms with Gasteiger partial charge < -0.3 is 23.5 Å². The van der Waals surface area contributed by atoms with Crippen LogP contribution in [0.1, 0.15) is 11.5 Å². The number of fused-ring (bicyclic) bond motifs is 1. The van der Waals surface area contributed by atoms with E-state index in [0.717, 1.165) is 0 Å². The monoisotopic (exact) mass is 411 g/mol. The summed E-state index contributed by atoms with van der Waals surface area (Å²) in [6, 6.07) is 3.42. The van der Waals surface area contributed by atoms with Gasteiger partial charge in [-0.3, -0.25) is 4.98 Å². The van der Waals surface area contributed by atoms with E-state index in [1.807, 2.05) is 0 Å². The highest BCUT2D eigenvalue weighted by Gasteiger charge is 2.21. The molecule has 0 unspecified atom stereocenters. The highest BCUT2D eigenvalue weighted by atomic mass is 16.6. The van der Waals surface area contributed by atoms with Crippen molar-refractivity contribution < 1.29 is 23.5 Å². The van der Waals surface area contributed by atoms with Gasteiger partial charge in [-0.1, -0.05) is 5.16 Å². The van der Waals surface area contributed by atoms with E-state index in [1.54, 1.807) is 31.5 Å². The summed E-state index contributed by atoms with van der Waals surface area (Å²) in [6.07, 6.45) is 3.17. The number of aryl methyl sites for hydroxylation is 1. The van der Waals surface area contributed by atoms with Gasteiger partial charge in [0.1, 0.15) is 18.5 Å². The van der Waals surface area contributed by atoms with E-state index in [0.29, 0.717) is 53.5 Å². The average Bonchev–Trinajstić information content (AvgIpc) is 3.34. The van der Waals surface area contributed by atoms with Crippen molar-refractivity contribution in [2.75, 3.05) is 20.3 Å². The zero-order valence-electron chi connectivity index (χ0n) is 16.2. The summed E-state index contributed by atoms with van der Waals surface area (Å²) in [5.74, 6) is 2.19. The van der Waals surface area contributed by atoms with Crippen molar-refractivity contribution in [3.8, 4) is 29.0 Å². The lowest BCUT2D eigenvalue weighted by atomic mass is 10.3.